The zero-order valence-corrected chi connectivity index (χ0v) is 13.6. The molecule has 2 N–H and O–H groups in total. The third kappa shape index (κ3) is 4.07. The first-order valence-electron chi connectivity index (χ1n) is 7.60. The Hall–Kier alpha value is -2.36. The molecule has 0 aliphatic heterocycles. The Morgan fingerprint density at radius 3 is 2.64 bits per heavy atom. The van der Waals surface area contributed by atoms with E-state index in [0.717, 1.165) is 17.8 Å². The molecule has 0 bridgehead atoms. The summed E-state index contributed by atoms with van der Waals surface area (Å²) in [5.41, 5.74) is 4.73. The van der Waals surface area contributed by atoms with Crippen LogP contribution >= 0.6 is 0 Å². The quantitative estimate of drug-likeness (QED) is 0.878. The van der Waals surface area contributed by atoms with Crippen LogP contribution in [0.25, 0.3) is 0 Å². The number of pyridine rings is 1. The predicted octanol–water partition coefficient (Wildman–Crippen LogP) is 3.97. The van der Waals surface area contributed by atoms with Gasteiger partial charge in [0.05, 0.1) is 11.9 Å². The summed E-state index contributed by atoms with van der Waals surface area (Å²) in [6.07, 6.45) is 2.59. The van der Waals surface area contributed by atoms with Crippen LogP contribution in [0.5, 0.6) is 0 Å². The molecule has 1 heterocycles. The van der Waals surface area contributed by atoms with Gasteiger partial charge in [0.1, 0.15) is 5.69 Å². The van der Waals surface area contributed by atoms with Gasteiger partial charge in [-0.15, -0.1) is 0 Å². The second-order valence-corrected chi connectivity index (χ2v) is 5.66. The Kier molecular flexibility index (Phi) is 5.15. The molecule has 1 aromatic heterocycles. The van der Waals surface area contributed by atoms with Crippen molar-refractivity contribution in [3.8, 4) is 0 Å². The van der Waals surface area contributed by atoms with E-state index in [1.54, 1.807) is 12.3 Å². The summed E-state index contributed by atoms with van der Waals surface area (Å²) in [5.74, 6) is -0.132. The number of nitrogens with zero attached hydrogens (tertiary/aromatic N) is 1. The number of aryl methyl sites for hydroxylation is 2. The van der Waals surface area contributed by atoms with Crippen molar-refractivity contribution in [2.75, 3.05) is 5.32 Å². The molecule has 4 nitrogen and oxygen atoms in total. The first-order valence-corrected chi connectivity index (χ1v) is 7.60. The van der Waals surface area contributed by atoms with Crippen molar-refractivity contribution >= 4 is 17.3 Å². The molecular weight excluding hydrogens is 274 g/mol. The van der Waals surface area contributed by atoms with Crippen LogP contribution in [0.3, 0.4) is 0 Å². The van der Waals surface area contributed by atoms with Crippen LogP contribution in [-0.4, -0.2) is 16.9 Å². The number of carbonyl (C=O) groups excluding carboxylic acids is 1. The van der Waals surface area contributed by atoms with Crippen molar-refractivity contribution in [3.05, 3.63) is 53.3 Å². The van der Waals surface area contributed by atoms with Crippen molar-refractivity contribution in [1.29, 1.82) is 0 Å². The second kappa shape index (κ2) is 7.07. The van der Waals surface area contributed by atoms with Gasteiger partial charge in [-0.3, -0.25) is 4.79 Å². The minimum Gasteiger partial charge on any atom is -0.354 e. The van der Waals surface area contributed by atoms with Crippen LogP contribution < -0.4 is 10.6 Å². The van der Waals surface area contributed by atoms with E-state index in [9.17, 15) is 4.79 Å². The molecule has 2 aromatic rings. The second-order valence-electron chi connectivity index (χ2n) is 5.66. The molecular formula is C18H23N3O. The number of carbonyl (C=O) groups is 1. The van der Waals surface area contributed by atoms with E-state index in [-0.39, 0.29) is 11.9 Å². The fourth-order valence-electron chi connectivity index (χ4n) is 2.03. The molecule has 1 amide bonds. The third-order valence-electron chi connectivity index (χ3n) is 3.66. The lowest BCUT2D eigenvalue weighted by Crippen LogP contribution is -2.32. The van der Waals surface area contributed by atoms with Gasteiger partial charge in [0, 0.05) is 11.7 Å². The smallest absolute Gasteiger partial charge is 0.270 e. The lowest BCUT2D eigenvalue weighted by Gasteiger charge is -2.12. The van der Waals surface area contributed by atoms with Crippen LogP contribution in [0, 0.1) is 13.8 Å². The van der Waals surface area contributed by atoms with Crippen molar-refractivity contribution in [3.63, 3.8) is 0 Å². The van der Waals surface area contributed by atoms with Crippen LogP contribution in [0.1, 0.15) is 41.9 Å². The summed E-state index contributed by atoms with van der Waals surface area (Å²) in [4.78, 5) is 16.2. The van der Waals surface area contributed by atoms with Crippen LogP contribution in [0.2, 0.25) is 0 Å². The standard InChI is InChI=1S/C18H23N3O/c1-5-14(4)20-18(22)16-9-8-15(11-19-16)21-17-10-12(2)6-7-13(17)3/h6-11,14,21H,5H2,1-4H3,(H,20,22). The highest BCUT2D eigenvalue weighted by Crippen LogP contribution is 2.21. The van der Waals surface area contributed by atoms with Gasteiger partial charge in [0.15, 0.2) is 0 Å². The molecule has 4 heteroatoms. The number of hydrogen-bond donors (Lipinski definition) is 2. The van der Waals surface area contributed by atoms with Gasteiger partial charge in [-0.2, -0.15) is 0 Å². The van der Waals surface area contributed by atoms with E-state index >= 15 is 0 Å². The molecule has 116 valence electrons. The minimum absolute atomic E-state index is 0.132. The van der Waals surface area contributed by atoms with Crippen molar-refractivity contribution < 1.29 is 4.79 Å². The molecule has 1 unspecified atom stereocenters. The average molecular weight is 297 g/mol. The number of rotatable bonds is 5. The molecule has 1 atom stereocenters. The van der Waals surface area contributed by atoms with E-state index in [0.29, 0.717) is 5.69 Å². The fraction of sp³-hybridized carbons (Fsp3) is 0.333. The lowest BCUT2D eigenvalue weighted by atomic mass is 10.1. The highest BCUT2D eigenvalue weighted by molar-refractivity contribution is 5.92. The summed E-state index contributed by atoms with van der Waals surface area (Å²) in [5, 5.41) is 6.25. The maximum atomic E-state index is 12.0. The number of aromatic nitrogens is 1. The van der Waals surface area contributed by atoms with E-state index < -0.39 is 0 Å². The molecule has 0 radical (unpaired) electrons. The Morgan fingerprint density at radius 2 is 2.00 bits per heavy atom. The summed E-state index contributed by atoms with van der Waals surface area (Å²) >= 11 is 0. The van der Waals surface area contributed by atoms with Crippen molar-refractivity contribution in [2.45, 2.75) is 40.2 Å². The Morgan fingerprint density at radius 1 is 1.23 bits per heavy atom. The Balaban J connectivity index is 2.09. The summed E-state index contributed by atoms with van der Waals surface area (Å²) in [6, 6.07) is 10.0. The minimum atomic E-state index is -0.132. The number of nitrogens with one attached hydrogen (secondary N) is 2. The third-order valence-corrected chi connectivity index (χ3v) is 3.66. The molecule has 1 aromatic carbocycles. The number of hydrogen-bond acceptors (Lipinski definition) is 3. The first-order chi connectivity index (χ1) is 10.5. The predicted molar refractivity (Wildman–Crippen MR) is 90.7 cm³/mol. The SMILES string of the molecule is CCC(C)NC(=O)c1ccc(Nc2cc(C)ccc2C)cn1. The van der Waals surface area contributed by atoms with E-state index in [1.807, 2.05) is 19.9 Å². The maximum Gasteiger partial charge on any atom is 0.270 e. The van der Waals surface area contributed by atoms with Gasteiger partial charge in [0.25, 0.3) is 5.91 Å². The zero-order chi connectivity index (χ0) is 16.1. The molecule has 0 saturated heterocycles. The monoisotopic (exact) mass is 297 g/mol. The fourth-order valence-corrected chi connectivity index (χ4v) is 2.03. The van der Waals surface area contributed by atoms with Gasteiger partial charge in [-0.1, -0.05) is 19.1 Å². The summed E-state index contributed by atoms with van der Waals surface area (Å²) in [7, 11) is 0. The van der Waals surface area contributed by atoms with Gasteiger partial charge < -0.3 is 10.6 Å². The largest absolute Gasteiger partial charge is 0.354 e. The summed E-state index contributed by atoms with van der Waals surface area (Å²) < 4.78 is 0. The molecule has 0 spiro atoms. The number of amides is 1. The van der Waals surface area contributed by atoms with E-state index in [1.165, 1.54) is 11.1 Å². The number of anilines is 2. The first kappa shape index (κ1) is 16.0. The molecule has 2 rings (SSSR count). The molecule has 0 fully saturated rings. The van der Waals surface area contributed by atoms with Crippen molar-refractivity contribution in [2.24, 2.45) is 0 Å². The van der Waals surface area contributed by atoms with Gasteiger partial charge >= 0.3 is 0 Å². The van der Waals surface area contributed by atoms with Crippen LogP contribution in [0.4, 0.5) is 11.4 Å². The molecule has 22 heavy (non-hydrogen) atoms. The average Bonchev–Trinajstić information content (AvgIpc) is 2.51. The topological polar surface area (TPSA) is 54.0 Å². The summed E-state index contributed by atoms with van der Waals surface area (Å²) in [6.45, 7) is 8.14. The van der Waals surface area contributed by atoms with Gasteiger partial charge in [-0.05, 0) is 56.5 Å². The molecule has 0 aliphatic carbocycles. The Bertz CT molecular complexity index is 650. The number of benzene rings is 1. The Labute approximate surface area is 132 Å². The zero-order valence-electron chi connectivity index (χ0n) is 13.6. The van der Waals surface area contributed by atoms with Gasteiger partial charge in [-0.25, -0.2) is 4.98 Å². The normalized spacial score (nSPS) is 11.8. The van der Waals surface area contributed by atoms with Gasteiger partial charge in [0.2, 0.25) is 0 Å². The maximum absolute atomic E-state index is 12.0. The van der Waals surface area contributed by atoms with Crippen LogP contribution in [-0.2, 0) is 0 Å². The van der Waals surface area contributed by atoms with Crippen molar-refractivity contribution in [1.82, 2.24) is 10.3 Å². The molecule has 0 saturated carbocycles. The molecule has 0 aliphatic rings. The highest BCUT2D eigenvalue weighted by Gasteiger charge is 2.09. The van der Waals surface area contributed by atoms with Crippen LogP contribution in [0.15, 0.2) is 36.5 Å². The van der Waals surface area contributed by atoms with E-state index in [4.69, 9.17) is 0 Å². The highest BCUT2D eigenvalue weighted by atomic mass is 16.1. The van der Waals surface area contributed by atoms with E-state index in [2.05, 4.69) is 47.7 Å². The lowest BCUT2D eigenvalue weighted by molar-refractivity contribution is 0.0934.